The highest BCUT2D eigenvalue weighted by Crippen LogP contribution is 2.31. The summed E-state index contributed by atoms with van der Waals surface area (Å²) in [6, 6.07) is 30.3. The lowest BCUT2D eigenvalue weighted by atomic mass is 10.1. The molecule has 0 bridgehead atoms. The largest absolute Gasteiger partial charge is 0.457 e. The summed E-state index contributed by atoms with van der Waals surface area (Å²) in [7, 11) is 0. The molecule has 0 aliphatic carbocycles. The molecule has 1 heterocycles. The quantitative estimate of drug-likeness (QED) is 0.200. The number of amides is 1. The van der Waals surface area contributed by atoms with Crippen LogP contribution < -0.4 is 10.1 Å². The van der Waals surface area contributed by atoms with Crippen molar-refractivity contribution in [2.24, 2.45) is 0 Å². The Bertz CT molecular complexity index is 1580. The van der Waals surface area contributed by atoms with Gasteiger partial charge in [-0.1, -0.05) is 60.7 Å². The Labute approximate surface area is 212 Å². The molecule has 37 heavy (non-hydrogen) atoms. The van der Waals surface area contributed by atoms with Crippen molar-refractivity contribution in [1.29, 1.82) is 0 Å². The minimum atomic E-state index is -0.526. The molecular formula is C29H22N4O4. The van der Waals surface area contributed by atoms with Crippen LogP contribution in [0.5, 0.6) is 11.5 Å². The van der Waals surface area contributed by atoms with Crippen LogP contribution in [0.4, 0.5) is 11.4 Å². The van der Waals surface area contributed by atoms with Gasteiger partial charge in [0.15, 0.2) is 0 Å². The minimum absolute atomic E-state index is 0.205. The van der Waals surface area contributed by atoms with Crippen molar-refractivity contribution in [2.45, 2.75) is 6.92 Å². The van der Waals surface area contributed by atoms with E-state index >= 15 is 0 Å². The van der Waals surface area contributed by atoms with Crippen LogP contribution >= 0.6 is 0 Å². The van der Waals surface area contributed by atoms with E-state index < -0.39 is 10.8 Å². The molecule has 1 N–H and O–H groups in total. The number of non-ortho nitro benzene ring substituents is 1. The standard InChI is InChI=1S/C29H22N4O4/c1-20-9-8-14-25(15-20)37-26-17-22(16-24(18-26)33(35)36)30-29(34)27-19-32(23-12-6-3-7-13-23)31-28(27)21-10-4-2-5-11-21/h2-19H,1H3,(H,30,34). The third-order valence-corrected chi connectivity index (χ3v) is 5.61. The van der Waals surface area contributed by atoms with Gasteiger partial charge in [0, 0.05) is 23.9 Å². The second-order valence-electron chi connectivity index (χ2n) is 8.38. The van der Waals surface area contributed by atoms with Crippen LogP contribution in [0.2, 0.25) is 0 Å². The number of aromatic nitrogens is 2. The number of nitro groups is 1. The Hall–Kier alpha value is -5.24. The van der Waals surface area contributed by atoms with E-state index in [1.807, 2.05) is 85.8 Å². The molecule has 1 amide bonds. The van der Waals surface area contributed by atoms with E-state index in [0.717, 1.165) is 16.8 Å². The van der Waals surface area contributed by atoms with Crippen molar-refractivity contribution in [3.8, 4) is 28.4 Å². The summed E-state index contributed by atoms with van der Waals surface area (Å²) in [4.78, 5) is 24.5. The van der Waals surface area contributed by atoms with Gasteiger partial charge in [-0.3, -0.25) is 14.9 Å². The Morgan fingerprint density at radius 2 is 1.62 bits per heavy atom. The molecule has 0 aliphatic rings. The maximum atomic E-state index is 13.5. The zero-order valence-corrected chi connectivity index (χ0v) is 19.9. The van der Waals surface area contributed by atoms with E-state index in [4.69, 9.17) is 4.74 Å². The number of carbonyl (C=O) groups excluding carboxylic acids is 1. The lowest BCUT2D eigenvalue weighted by Gasteiger charge is -2.10. The summed E-state index contributed by atoms with van der Waals surface area (Å²) in [6.45, 7) is 1.92. The average Bonchev–Trinajstić information content (AvgIpc) is 3.35. The van der Waals surface area contributed by atoms with Crippen LogP contribution in [-0.4, -0.2) is 20.6 Å². The smallest absolute Gasteiger partial charge is 0.275 e. The Balaban J connectivity index is 1.50. The molecule has 5 rings (SSSR count). The van der Waals surface area contributed by atoms with Gasteiger partial charge in [-0.25, -0.2) is 4.68 Å². The summed E-state index contributed by atoms with van der Waals surface area (Å²) >= 11 is 0. The highest BCUT2D eigenvalue weighted by atomic mass is 16.6. The number of carbonyl (C=O) groups is 1. The normalized spacial score (nSPS) is 10.6. The number of nitro benzene ring substituents is 1. The van der Waals surface area contributed by atoms with Crippen molar-refractivity contribution in [3.63, 3.8) is 0 Å². The van der Waals surface area contributed by atoms with E-state index in [2.05, 4.69) is 10.4 Å². The van der Waals surface area contributed by atoms with Crippen molar-refractivity contribution < 1.29 is 14.5 Å². The maximum Gasteiger partial charge on any atom is 0.275 e. The molecule has 0 unspecified atom stereocenters. The molecule has 0 aliphatic heterocycles. The third-order valence-electron chi connectivity index (χ3n) is 5.61. The summed E-state index contributed by atoms with van der Waals surface area (Å²) < 4.78 is 7.50. The minimum Gasteiger partial charge on any atom is -0.457 e. The highest BCUT2D eigenvalue weighted by Gasteiger charge is 2.20. The summed E-state index contributed by atoms with van der Waals surface area (Å²) in [6.07, 6.45) is 1.65. The van der Waals surface area contributed by atoms with Gasteiger partial charge >= 0.3 is 0 Å². The fraction of sp³-hybridized carbons (Fsp3) is 0.0345. The van der Waals surface area contributed by atoms with Crippen LogP contribution in [0.1, 0.15) is 15.9 Å². The fourth-order valence-corrected chi connectivity index (χ4v) is 3.90. The van der Waals surface area contributed by atoms with E-state index in [1.54, 1.807) is 23.0 Å². The molecule has 182 valence electrons. The van der Waals surface area contributed by atoms with Gasteiger partial charge in [-0.2, -0.15) is 5.10 Å². The number of nitrogens with one attached hydrogen (secondary N) is 1. The van der Waals surface area contributed by atoms with E-state index in [0.29, 0.717) is 17.0 Å². The van der Waals surface area contributed by atoms with Gasteiger partial charge in [-0.15, -0.1) is 0 Å². The number of anilines is 1. The molecule has 0 saturated heterocycles. The second-order valence-corrected chi connectivity index (χ2v) is 8.38. The molecule has 8 nitrogen and oxygen atoms in total. The molecule has 4 aromatic carbocycles. The first-order chi connectivity index (χ1) is 18.0. The number of hydrogen-bond acceptors (Lipinski definition) is 5. The van der Waals surface area contributed by atoms with Gasteiger partial charge in [0.25, 0.3) is 11.6 Å². The summed E-state index contributed by atoms with van der Waals surface area (Å²) in [5.74, 6) is 0.315. The van der Waals surface area contributed by atoms with E-state index in [-0.39, 0.29) is 17.1 Å². The van der Waals surface area contributed by atoms with Gasteiger partial charge in [-0.05, 0) is 36.8 Å². The van der Waals surface area contributed by atoms with Crippen LogP contribution in [0.15, 0.2) is 109 Å². The number of ether oxygens (including phenoxy) is 1. The number of rotatable bonds is 7. The number of nitrogens with zero attached hydrogens (tertiary/aromatic N) is 3. The van der Waals surface area contributed by atoms with Gasteiger partial charge in [0.2, 0.25) is 0 Å². The number of aryl methyl sites for hydroxylation is 1. The molecule has 0 saturated carbocycles. The van der Waals surface area contributed by atoms with E-state index in [9.17, 15) is 14.9 Å². The van der Waals surface area contributed by atoms with Crippen LogP contribution in [0.25, 0.3) is 16.9 Å². The van der Waals surface area contributed by atoms with Crippen molar-refractivity contribution in [1.82, 2.24) is 9.78 Å². The molecule has 0 fully saturated rings. The summed E-state index contributed by atoms with van der Waals surface area (Å²) in [5.41, 5.74) is 3.39. The number of para-hydroxylation sites is 1. The van der Waals surface area contributed by atoms with Gasteiger partial charge in [0.1, 0.15) is 17.2 Å². The lowest BCUT2D eigenvalue weighted by Crippen LogP contribution is -2.12. The van der Waals surface area contributed by atoms with Crippen LogP contribution in [0, 0.1) is 17.0 Å². The fourth-order valence-electron chi connectivity index (χ4n) is 3.90. The van der Waals surface area contributed by atoms with E-state index in [1.165, 1.54) is 12.1 Å². The lowest BCUT2D eigenvalue weighted by molar-refractivity contribution is -0.384. The first-order valence-corrected chi connectivity index (χ1v) is 11.5. The zero-order valence-electron chi connectivity index (χ0n) is 19.9. The highest BCUT2D eigenvalue weighted by molar-refractivity contribution is 6.08. The average molecular weight is 491 g/mol. The van der Waals surface area contributed by atoms with Crippen molar-refractivity contribution in [2.75, 3.05) is 5.32 Å². The Morgan fingerprint density at radius 3 is 2.32 bits per heavy atom. The third kappa shape index (κ3) is 5.38. The topological polar surface area (TPSA) is 99.3 Å². The molecule has 0 atom stereocenters. The predicted octanol–water partition coefficient (Wildman–Crippen LogP) is 6.80. The monoisotopic (exact) mass is 490 g/mol. The first kappa shape index (κ1) is 23.5. The zero-order chi connectivity index (χ0) is 25.8. The van der Waals surface area contributed by atoms with Crippen LogP contribution in [-0.2, 0) is 0 Å². The molecule has 5 aromatic rings. The second kappa shape index (κ2) is 10.2. The van der Waals surface area contributed by atoms with Crippen molar-refractivity contribution in [3.05, 3.63) is 131 Å². The van der Waals surface area contributed by atoms with Gasteiger partial charge in [0.05, 0.1) is 27.9 Å². The summed E-state index contributed by atoms with van der Waals surface area (Å²) in [5, 5.41) is 19.0. The number of benzene rings is 4. The Morgan fingerprint density at radius 1 is 0.892 bits per heavy atom. The molecule has 0 radical (unpaired) electrons. The number of hydrogen-bond donors (Lipinski definition) is 1. The predicted molar refractivity (Wildman–Crippen MR) is 141 cm³/mol. The molecule has 1 aromatic heterocycles. The van der Waals surface area contributed by atoms with Crippen molar-refractivity contribution >= 4 is 17.3 Å². The molecular weight excluding hydrogens is 468 g/mol. The first-order valence-electron chi connectivity index (χ1n) is 11.5. The maximum absolute atomic E-state index is 13.5. The van der Waals surface area contributed by atoms with Gasteiger partial charge < -0.3 is 10.1 Å². The Kier molecular flexibility index (Phi) is 6.46. The molecule has 0 spiro atoms. The SMILES string of the molecule is Cc1cccc(Oc2cc(NC(=O)c3cn(-c4ccccc4)nc3-c3ccccc3)cc([N+](=O)[O-])c2)c1. The molecule has 8 heteroatoms. The van der Waals surface area contributed by atoms with Crippen LogP contribution in [0.3, 0.4) is 0 Å².